The number of benzene rings is 1. The Labute approximate surface area is 120 Å². The Morgan fingerprint density at radius 1 is 0.950 bits per heavy atom. The van der Waals surface area contributed by atoms with Crippen molar-refractivity contribution in [2.45, 2.75) is 44.6 Å². The van der Waals surface area contributed by atoms with Gasteiger partial charge in [-0.15, -0.1) is 0 Å². The average Bonchev–Trinajstić information content (AvgIpc) is 2.43. The number of carbonyl (C=O) groups is 1. The Kier molecular flexibility index (Phi) is 3.05. The standard InChI is InChI=1S/C18H22O2/c19-17(11-12-4-2-1-3-5-12)20-18-15-7-13-6-14(9-15)10-16(18)8-13/h1-5,13-16,18H,6-11H2. The predicted octanol–water partition coefficient (Wildman–Crippen LogP) is 3.60. The van der Waals surface area contributed by atoms with Crippen molar-refractivity contribution >= 4 is 5.97 Å². The molecule has 4 saturated carbocycles. The van der Waals surface area contributed by atoms with Gasteiger partial charge in [0.1, 0.15) is 6.10 Å². The number of hydrogen-bond acceptors (Lipinski definition) is 2. The highest BCUT2D eigenvalue weighted by Crippen LogP contribution is 2.54. The van der Waals surface area contributed by atoms with Gasteiger partial charge in [0.25, 0.3) is 0 Å². The molecule has 4 bridgehead atoms. The fourth-order valence-electron chi connectivity index (χ4n) is 5.02. The third kappa shape index (κ3) is 2.25. The molecule has 1 aromatic rings. The van der Waals surface area contributed by atoms with E-state index < -0.39 is 0 Å². The van der Waals surface area contributed by atoms with Gasteiger partial charge in [-0.3, -0.25) is 4.79 Å². The molecule has 0 radical (unpaired) electrons. The first-order valence-electron chi connectivity index (χ1n) is 8.01. The highest BCUT2D eigenvalue weighted by atomic mass is 16.5. The zero-order chi connectivity index (χ0) is 13.5. The van der Waals surface area contributed by atoms with E-state index >= 15 is 0 Å². The monoisotopic (exact) mass is 270 g/mol. The van der Waals surface area contributed by atoms with Gasteiger partial charge in [0.2, 0.25) is 0 Å². The van der Waals surface area contributed by atoms with Gasteiger partial charge in [0.15, 0.2) is 0 Å². The topological polar surface area (TPSA) is 26.3 Å². The smallest absolute Gasteiger partial charge is 0.310 e. The van der Waals surface area contributed by atoms with E-state index in [0.717, 1.165) is 17.4 Å². The third-order valence-corrected chi connectivity index (χ3v) is 5.60. The van der Waals surface area contributed by atoms with E-state index in [0.29, 0.717) is 18.3 Å². The van der Waals surface area contributed by atoms with Crippen LogP contribution in [0.25, 0.3) is 0 Å². The summed E-state index contributed by atoms with van der Waals surface area (Å²) < 4.78 is 5.89. The van der Waals surface area contributed by atoms with Crippen molar-refractivity contribution in [3.05, 3.63) is 35.9 Å². The average molecular weight is 270 g/mol. The molecule has 5 rings (SSSR count). The van der Waals surface area contributed by atoms with Gasteiger partial charge < -0.3 is 4.74 Å². The molecule has 0 amide bonds. The molecule has 0 heterocycles. The maximum Gasteiger partial charge on any atom is 0.310 e. The van der Waals surface area contributed by atoms with Gasteiger partial charge in [0.05, 0.1) is 6.42 Å². The normalized spacial score (nSPS) is 37.9. The molecule has 0 atom stereocenters. The molecule has 0 spiro atoms. The van der Waals surface area contributed by atoms with Crippen LogP contribution in [0.2, 0.25) is 0 Å². The maximum atomic E-state index is 12.2. The lowest BCUT2D eigenvalue weighted by Gasteiger charge is -2.53. The Balaban J connectivity index is 1.40. The van der Waals surface area contributed by atoms with Gasteiger partial charge >= 0.3 is 5.97 Å². The van der Waals surface area contributed by atoms with Crippen LogP contribution in [0.5, 0.6) is 0 Å². The summed E-state index contributed by atoms with van der Waals surface area (Å²) in [5.74, 6) is 3.15. The van der Waals surface area contributed by atoms with Crippen LogP contribution in [-0.4, -0.2) is 12.1 Å². The summed E-state index contributed by atoms with van der Waals surface area (Å²) in [5, 5.41) is 0. The summed E-state index contributed by atoms with van der Waals surface area (Å²) in [5.41, 5.74) is 1.06. The number of ether oxygens (including phenoxy) is 1. The first-order valence-corrected chi connectivity index (χ1v) is 8.01. The molecule has 0 unspecified atom stereocenters. The van der Waals surface area contributed by atoms with Gasteiger partial charge in [0, 0.05) is 0 Å². The number of carbonyl (C=O) groups excluding carboxylic acids is 1. The highest BCUT2D eigenvalue weighted by Gasteiger charge is 2.49. The molecule has 20 heavy (non-hydrogen) atoms. The van der Waals surface area contributed by atoms with Crippen molar-refractivity contribution in [2.24, 2.45) is 23.7 Å². The predicted molar refractivity (Wildman–Crippen MR) is 77.1 cm³/mol. The largest absolute Gasteiger partial charge is 0.462 e. The molecule has 0 aromatic heterocycles. The van der Waals surface area contributed by atoms with E-state index in [2.05, 4.69) is 0 Å². The van der Waals surface area contributed by atoms with Crippen molar-refractivity contribution in [1.82, 2.24) is 0 Å². The van der Waals surface area contributed by atoms with Crippen LogP contribution in [0, 0.1) is 23.7 Å². The van der Waals surface area contributed by atoms with Crippen LogP contribution in [0.3, 0.4) is 0 Å². The lowest BCUT2D eigenvalue weighted by molar-refractivity contribution is -0.169. The van der Waals surface area contributed by atoms with Crippen molar-refractivity contribution < 1.29 is 9.53 Å². The first-order chi connectivity index (χ1) is 9.78. The molecule has 0 aliphatic heterocycles. The second-order valence-corrected chi connectivity index (χ2v) is 7.05. The second kappa shape index (κ2) is 4.91. The molecule has 2 heteroatoms. The van der Waals surface area contributed by atoms with E-state index in [1.54, 1.807) is 0 Å². The highest BCUT2D eigenvalue weighted by molar-refractivity contribution is 5.72. The number of esters is 1. The molecule has 0 N–H and O–H groups in total. The van der Waals surface area contributed by atoms with Gasteiger partial charge in [-0.05, 0) is 61.3 Å². The minimum Gasteiger partial charge on any atom is -0.462 e. The van der Waals surface area contributed by atoms with E-state index in [4.69, 9.17) is 4.74 Å². The summed E-state index contributed by atoms with van der Waals surface area (Å²) in [7, 11) is 0. The molecular weight excluding hydrogens is 248 g/mol. The van der Waals surface area contributed by atoms with Crippen molar-refractivity contribution in [2.75, 3.05) is 0 Å². The molecule has 4 aliphatic carbocycles. The van der Waals surface area contributed by atoms with E-state index in [1.165, 1.54) is 32.1 Å². The Bertz CT molecular complexity index is 465. The van der Waals surface area contributed by atoms with E-state index in [-0.39, 0.29) is 12.1 Å². The van der Waals surface area contributed by atoms with Crippen LogP contribution in [-0.2, 0) is 16.0 Å². The molecular formula is C18H22O2. The molecule has 2 nitrogen and oxygen atoms in total. The van der Waals surface area contributed by atoms with Gasteiger partial charge in [-0.2, -0.15) is 0 Å². The summed E-state index contributed by atoms with van der Waals surface area (Å²) >= 11 is 0. The second-order valence-electron chi connectivity index (χ2n) is 7.05. The molecule has 1 aromatic carbocycles. The van der Waals surface area contributed by atoms with Crippen molar-refractivity contribution in [1.29, 1.82) is 0 Å². The Morgan fingerprint density at radius 3 is 2.15 bits per heavy atom. The summed E-state index contributed by atoms with van der Waals surface area (Å²) in [4.78, 5) is 12.2. The SMILES string of the molecule is O=C(Cc1ccccc1)OC1C2CC3CC(C2)CC1C3. The quantitative estimate of drug-likeness (QED) is 0.784. The van der Waals surface area contributed by atoms with Crippen LogP contribution in [0.4, 0.5) is 0 Å². The zero-order valence-corrected chi connectivity index (χ0v) is 11.8. The third-order valence-electron chi connectivity index (χ3n) is 5.60. The number of rotatable bonds is 3. The van der Waals surface area contributed by atoms with Crippen LogP contribution in [0.15, 0.2) is 30.3 Å². The van der Waals surface area contributed by atoms with Crippen molar-refractivity contribution in [3.63, 3.8) is 0 Å². The van der Waals surface area contributed by atoms with E-state index in [1.807, 2.05) is 30.3 Å². The van der Waals surface area contributed by atoms with Crippen molar-refractivity contribution in [3.8, 4) is 0 Å². The minimum absolute atomic E-state index is 0.0336. The van der Waals surface area contributed by atoms with Crippen LogP contribution < -0.4 is 0 Å². The fraction of sp³-hybridized carbons (Fsp3) is 0.611. The molecule has 4 fully saturated rings. The van der Waals surface area contributed by atoms with Crippen LogP contribution >= 0.6 is 0 Å². The molecule has 0 saturated heterocycles. The minimum atomic E-state index is -0.0336. The zero-order valence-electron chi connectivity index (χ0n) is 11.8. The van der Waals surface area contributed by atoms with Gasteiger partial charge in [-0.25, -0.2) is 0 Å². The lowest BCUT2D eigenvalue weighted by Crippen LogP contribution is -2.50. The molecule has 4 aliphatic rings. The Hall–Kier alpha value is -1.31. The maximum absolute atomic E-state index is 12.2. The lowest BCUT2D eigenvalue weighted by atomic mass is 9.55. The Morgan fingerprint density at radius 2 is 1.55 bits per heavy atom. The van der Waals surface area contributed by atoms with E-state index in [9.17, 15) is 4.79 Å². The number of hydrogen-bond donors (Lipinski definition) is 0. The summed E-state index contributed by atoms with van der Waals surface area (Å²) in [6.45, 7) is 0. The first kappa shape index (κ1) is 12.4. The summed E-state index contributed by atoms with van der Waals surface area (Å²) in [6, 6.07) is 9.93. The van der Waals surface area contributed by atoms with Gasteiger partial charge in [-0.1, -0.05) is 30.3 Å². The molecule has 106 valence electrons. The van der Waals surface area contributed by atoms with Crippen LogP contribution in [0.1, 0.15) is 37.7 Å². The summed E-state index contributed by atoms with van der Waals surface area (Å²) in [6.07, 6.45) is 7.29. The fourth-order valence-corrected chi connectivity index (χ4v) is 5.02.